The molecule has 0 bridgehead atoms. The van der Waals surface area contributed by atoms with Crippen LogP contribution in [0.2, 0.25) is 5.02 Å². The third-order valence-electron chi connectivity index (χ3n) is 2.96. The van der Waals surface area contributed by atoms with Crippen LogP contribution in [0.5, 0.6) is 5.75 Å². The fourth-order valence-electron chi connectivity index (χ4n) is 1.83. The molecule has 2 aromatic rings. The van der Waals surface area contributed by atoms with Gasteiger partial charge in [0, 0.05) is 18.9 Å². The fraction of sp³-hybridized carbons (Fsp3) is 0.200. The van der Waals surface area contributed by atoms with Crippen molar-refractivity contribution in [3.63, 3.8) is 0 Å². The summed E-state index contributed by atoms with van der Waals surface area (Å²) in [6.45, 7) is -2.97. The van der Waals surface area contributed by atoms with Gasteiger partial charge in [-0.15, -0.1) is 0 Å². The molecule has 0 aliphatic rings. The molecule has 0 spiro atoms. The smallest absolute Gasteiger partial charge is 0.387 e. The second-order valence-corrected chi connectivity index (χ2v) is 4.94. The topological polar surface area (TPSA) is 71.5 Å². The summed E-state index contributed by atoms with van der Waals surface area (Å²) in [5, 5.41) is 12.7. The van der Waals surface area contributed by atoms with Gasteiger partial charge in [-0.2, -0.15) is 8.78 Å². The number of hydrogen-bond acceptors (Lipinski definition) is 4. The molecular formula is C15H13ClF2N2O3. The molecule has 122 valence electrons. The van der Waals surface area contributed by atoms with E-state index < -0.39 is 18.6 Å². The predicted octanol–water partition coefficient (Wildman–Crippen LogP) is 2.80. The standard InChI is InChI=1S/C15H13ClF2N2O3/c16-12-7-19-6-5-11(12)14(22)20-8-13(21)9-1-3-10(4-2-9)23-15(17)18/h1-7,13,15,21H,8H2,(H,20,22). The third kappa shape index (κ3) is 4.87. The van der Waals surface area contributed by atoms with E-state index >= 15 is 0 Å². The minimum Gasteiger partial charge on any atom is -0.435 e. The molecule has 1 unspecified atom stereocenters. The lowest BCUT2D eigenvalue weighted by molar-refractivity contribution is -0.0498. The van der Waals surface area contributed by atoms with Crippen molar-refractivity contribution in [2.45, 2.75) is 12.7 Å². The Morgan fingerprint density at radius 3 is 2.61 bits per heavy atom. The van der Waals surface area contributed by atoms with Crippen LogP contribution in [0.1, 0.15) is 22.0 Å². The van der Waals surface area contributed by atoms with Crippen LogP contribution in [0, 0.1) is 0 Å². The first kappa shape index (κ1) is 17.1. The Morgan fingerprint density at radius 1 is 1.30 bits per heavy atom. The normalized spacial score (nSPS) is 12.0. The van der Waals surface area contributed by atoms with Gasteiger partial charge in [0.2, 0.25) is 0 Å². The van der Waals surface area contributed by atoms with Gasteiger partial charge in [-0.25, -0.2) is 0 Å². The van der Waals surface area contributed by atoms with Crippen molar-refractivity contribution in [2.24, 2.45) is 0 Å². The summed E-state index contributed by atoms with van der Waals surface area (Å²) >= 11 is 5.85. The average Bonchev–Trinajstić information content (AvgIpc) is 2.53. The Hall–Kier alpha value is -2.25. The van der Waals surface area contributed by atoms with Gasteiger partial charge < -0.3 is 15.2 Å². The monoisotopic (exact) mass is 342 g/mol. The van der Waals surface area contributed by atoms with E-state index in [-0.39, 0.29) is 22.9 Å². The van der Waals surface area contributed by atoms with E-state index in [0.29, 0.717) is 5.56 Å². The van der Waals surface area contributed by atoms with Crippen LogP contribution < -0.4 is 10.1 Å². The Morgan fingerprint density at radius 2 is 2.00 bits per heavy atom. The Balaban J connectivity index is 1.93. The van der Waals surface area contributed by atoms with Gasteiger partial charge in [0.25, 0.3) is 5.91 Å². The first-order valence-electron chi connectivity index (χ1n) is 6.58. The largest absolute Gasteiger partial charge is 0.435 e. The second-order valence-electron chi connectivity index (χ2n) is 4.53. The molecule has 1 amide bonds. The molecule has 1 heterocycles. The van der Waals surface area contributed by atoms with Crippen LogP contribution in [0.3, 0.4) is 0 Å². The van der Waals surface area contributed by atoms with Crippen molar-refractivity contribution in [3.05, 3.63) is 58.9 Å². The van der Waals surface area contributed by atoms with E-state index in [1.807, 2.05) is 0 Å². The molecule has 23 heavy (non-hydrogen) atoms. The summed E-state index contributed by atoms with van der Waals surface area (Å²) < 4.78 is 28.3. The number of nitrogens with zero attached hydrogens (tertiary/aromatic N) is 1. The lowest BCUT2D eigenvalue weighted by Gasteiger charge is -2.13. The van der Waals surface area contributed by atoms with E-state index in [0.717, 1.165) is 0 Å². The zero-order valence-electron chi connectivity index (χ0n) is 11.7. The molecule has 1 aromatic heterocycles. The van der Waals surface area contributed by atoms with Crippen molar-refractivity contribution in [3.8, 4) is 5.75 Å². The molecule has 0 saturated carbocycles. The molecule has 0 fully saturated rings. The first-order chi connectivity index (χ1) is 11.0. The number of aliphatic hydroxyl groups is 1. The maximum Gasteiger partial charge on any atom is 0.387 e. The number of amides is 1. The minimum absolute atomic E-state index is 0.0106. The predicted molar refractivity (Wildman–Crippen MR) is 79.6 cm³/mol. The number of alkyl halides is 2. The van der Waals surface area contributed by atoms with Crippen LogP contribution in [0.4, 0.5) is 8.78 Å². The summed E-state index contributed by atoms with van der Waals surface area (Å²) in [6.07, 6.45) is 1.77. The average molecular weight is 343 g/mol. The number of benzene rings is 1. The molecule has 1 atom stereocenters. The van der Waals surface area contributed by atoms with Crippen LogP contribution in [0.25, 0.3) is 0 Å². The Bertz CT molecular complexity index is 668. The van der Waals surface area contributed by atoms with Crippen LogP contribution >= 0.6 is 11.6 Å². The highest BCUT2D eigenvalue weighted by atomic mass is 35.5. The lowest BCUT2D eigenvalue weighted by Crippen LogP contribution is -2.28. The zero-order chi connectivity index (χ0) is 16.8. The number of hydrogen-bond donors (Lipinski definition) is 2. The molecule has 8 heteroatoms. The summed E-state index contributed by atoms with van der Waals surface area (Å²) in [7, 11) is 0. The van der Waals surface area contributed by atoms with E-state index in [9.17, 15) is 18.7 Å². The number of rotatable bonds is 6. The van der Waals surface area contributed by atoms with Gasteiger partial charge in [0.1, 0.15) is 5.75 Å². The van der Waals surface area contributed by atoms with Crippen LogP contribution in [-0.4, -0.2) is 29.2 Å². The number of nitrogens with one attached hydrogen (secondary N) is 1. The number of ether oxygens (including phenoxy) is 1. The molecule has 1 aromatic carbocycles. The quantitative estimate of drug-likeness (QED) is 0.846. The van der Waals surface area contributed by atoms with Gasteiger partial charge in [-0.05, 0) is 23.8 Å². The molecule has 0 aliphatic carbocycles. The summed E-state index contributed by atoms with van der Waals surface area (Å²) in [4.78, 5) is 15.7. The SMILES string of the molecule is O=C(NCC(O)c1ccc(OC(F)F)cc1)c1ccncc1Cl. The van der Waals surface area contributed by atoms with Gasteiger partial charge in [-0.3, -0.25) is 9.78 Å². The lowest BCUT2D eigenvalue weighted by atomic mass is 10.1. The third-order valence-corrected chi connectivity index (χ3v) is 3.26. The van der Waals surface area contributed by atoms with Crippen LogP contribution in [0.15, 0.2) is 42.7 Å². The molecule has 2 N–H and O–H groups in total. The number of carbonyl (C=O) groups excluding carboxylic acids is 1. The van der Waals surface area contributed by atoms with Crippen molar-refractivity contribution >= 4 is 17.5 Å². The van der Waals surface area contributed by atoms with E-state index in [1.165, 1.54) is 42.7 Å². The number of aliphatic hydroxyl groups excluding tert-OH is 1. The maximum atomic E-state index is 12.0. The molecule has 0 saturated heterocycles. The highest BCUT2D eigenvalue weighted by molar-refractivity contribution is 6.33. The Kier molecular flexibility index (Phi) is 5.84. The zero-order valence-corrected chi connectivity index (χ0v) is 12.5. The summed E-state index contributed by atoms with van der Waals surface area (Å²) in [6, 6.07) is 6.96. The van der Waals surface area contributed by atoms with Gasteiger partial charge in [0.05, 0.1) is 16.7 Å². The molecule has 0 radical (unpaired) electrons. The second kappa shape index (κ2) is 7.85. The van der Waals surface area contributed by atoms with Crippen molar-refractivity contribution in [1.29, 1.82) is 0 Å². The van der Waals surface area contributed by atoms with E-state index in [1.54, 1.807) is 0 Å². The highest BCUT2D eigenvalue weighted by Crippen LogP contribution is 2.19. The number of aromatic nitrogens is 1. The number of halogens is 3. The highest BCUT2D eigenvalue weighted by Gasteiger charge is 2.13. The van der Waals surface area contributed by atoms with Crippen LogP contribution in [-0.2, 0) is 0 Å². The van der Waals surface area contributed by atoms with Crippen molar-refractivity contribution < 1.29 is 23.4 Å². The molecular weight excluding hydrogens is 330 g/mol. The van der Waals surface area contributed by atoms with Crippen molar-refractivity contribution in [2.75, 3.05) is 6.54 Å². The minimum atomic E-state index is -2.91. The molecule has 0 aliphatic heterocycles. The summed E-state index contributed by atoms with van der Waals surface area (Å²) in [5.41, 5.74) is 0.697. The van der Waals surface area contributed by atoms with E-state index in [2.05, 4.69) is 15.0 Å². The van der Waals surface area contributed by atoms with Crippen molar-refractivity contribution in [1.82, 2.24) is 10.3 Å². The van der Waals surface area contributed by atoms with Gasteiger partial charge in [-0.1, -0.05) is 23.7 Å². The first-order valence-corrected chi connectivity index (χ1v) is 6.95. The molecule has 5 nitrogen and oxygen atoms in total. The number of pyridine rings is 1. The van der Waals surface area contributed by atoms with Gasteiger partial charge >= 0.3 is 6.61 Å². The van der Waals surface area contributed by atoms with Gasteiger partial charge in [0.15, 0.2) is 0 Å². The Labute approximate surface area is 135 Å². The number of carbonyl (C=O) groups is 1. The fourth-order valence-corrected chi connectivity index (χ4v) is 2.04. The molecule has 2 rings (SSSR count). The van der Waals surface area contributed by atoms with E-state index in [4.69, 9.17) is 11.6 Å². The maximum absolute atomic E-state index is 12.0. The summed E-state index contributed by atoms with van der Waals surface area (Å²) in [5.74, 6) is -0.461.